The van der Waals surface area contributed by atoms with E-state index in [1.807, 2.05) is 0 Å². The molecule has 1 rings (SSSR count). The molecule has 0 saturated heterocycles. The molecule has 0 amide bonds. The molecule has 0 N–H and O–H groups in total. The topological polar surface area (TPSA) is 17.1 Å². The Labute approximate surface area is 100 Å². The van der Waals surface area contributed by atoms with E-state index in [-0.39, 0.29) is 5.41 Å². The van der Waals surface area contributed by atoms with Crippen molar-refractivity contribution in [2.75, 3.05) is 0 Å². The second-order valence-electron chi connectivity index (χ2n) is 5.47. The smallest absolute Gasteiger partial charge is 0.133 e. The summed E-state index contributed by atoms with van der Waals surface area (Å²) >= 11 is 0. The number of allylic oxidation sites excluding steroid dienone is 2. The summed E-state index contributed by atoms with van der Waals surface area (Å²) in [4.78, 5) is 11.4. The van der Waals surface area contributed by atoms with Gasteiger partial charge in [0.15, 0.2) is 0 Å². The van der Waals surface area contributed by atoms with Gasteiger partial charge in [-0.1, -0.05) is 45.3 Å². The molecule has 1 heteroatoms. The van der Waals surface area contributed by atoms with E-state index in [2.05, 4.69) is 26.0 Å². The molecule has 1 nitrogen and oxygen atoms in total. The second kappa shape index (κ2) is 6.88. The van der Waals surface area contributed by atoms with Gasteiger partial charge in [0.05, 0.1) is 0 Å². The van der Waals surface area contributed by atoms with Crippen LogP contribution >= 0.6 is 0 Å². The van der Waals surface area contributed by atoms with Crippen LogP contribution in [0.1, 0.15) is 71.6 Å². The highest BCUT2D eigenvalue weighted by atomic mass is 16.1. The van der Waals surface area contributed by atoms with Crippen molar-refractivity contribution in [1.29, 1.82) is 0 Å². The van der Waals surface area contributed by atoms with Crippen LogP contribution in [0.4, 0.5) is 0 Å². The van der Waals surface area contributed by atoms with Crippen molar-refractivity contribution >= 4 is 5.78 Å². The molecule has 0 aromatic rings. The molecule has 0 spiro atoms. The molecule has 1 aliphatic rings. The molecule has 92 valence electrons. The molecule has 0 aromatic heterocycles. The first-order chi connectivity index (χ1) is 7.66. The minimum atomic E-state index is 0.167. The Hall–Kier alpha value is -0.590. The molecule has 0 bridgehead atoms. The molecular formula is C15H26O. The van der Waals surface area contributed by atoms with Crippen molar-refractivity contribution < 1.29 is 4.79 Å². The molecule has 0 radical (unpaired) electrons. The van der Waals surface area contributed by atoms with Crippen molar-refractivity contribution in [3.63, 3.8) is 0 Å². The minimum absolute atomic E-state index is 0.167. The number of carbonyl (C=O) groups is 1. The summed E-state index contributed by atoms with van der Waals surface area (Å²) in [6.45, 7) is 4.47. The van der Waals surface area contributed by atoms with Crippen LogP contribution in [0.5, 0.6) is 0 Å². The predicted octanol–water partition coefficient (Wildman–Crippen LogP) is 4.66. The lowest BCUT2D eigenvalue weighted by Gasteiger charge is -2.29. The van der Waals surface area contributed by atoms with Crippen LogP contribution in [-0.2, 0) is 4.79 Å². The van der Waals surface area contributed by atoms with Gasteiger partial charge in [-0.3, -0.25) is 4.79 Å². The SMILES string of the molecule is CCCCCC/C=C/[C@@]1(C)CCCC(=O)C1. The van der Waals surface area contributed by atoms with E-state index >= 15 is 0 Å². The average molecular weight is 222 g/mol. The van der Waals surface area contributed by atoms with Crippen molar-refractivity contribution in [3.8, 4) is 0 Å². The molecule has 1 fully saturated rings. The standard InChI is InChI=1S/C15H26O/c1-3-4-5-6-7-8-11-15(2)12-9-10-14(16)13-15/h8,11H,3-7,9-10,12-13H2,1-2H3/b11-8+/t15-/m0/s1. The summed E-state index contributed by atoms with van der Waals surface area (Å²) in [6.07, 6.45) is 14.9. The number of Topliss-reactive ketones (excluding diaryl/α,β-unsaturated/α-hetero) is 1. The largest absolute Gasteiger partial charge is 0.300 e. The van der Waals surface area contributed by atoms with Gasteiger partial charge in [0.25, 0.3) is 0 Å². The van der Waals surface area contributed by atoms with Gasteiger partial charge in [-0.25, -0.2) is 0 Å². The van der Waals surface area contributed by atoms with E-state index in [1.165, 1.54) is 38.5 Å². The summed E-state index contributed by atoms with van der Waals surface area (Å²) in [5, 5.41) is 0. The number of hydrogen-bond acceptors (Lipinski definition) is 1. The quantitative estimate of drug-likeness (QED) is 0.472. The number of hydrogen-bond donors (Lipinski definition) is 0. The number of unbranched alkanes of at least 4 members (excludes halogenated alkanes) is 4. The Balaban J connectivity index is 2.23. The normalized spacial score (nSPS) is 26.5. The Morgan fingerprint density at radius 2 is 2.12 bits per heavy atom. The first-order valence-corrected chi connectivity index (χ1v) is 6.86. The number of ketones is 1. The third kappa shape index (κ3) is 4.96. The lowest BCUT2D eigenvalue weighted by molar-refractivity contribution is -0.122. The van der Waals surface area contributed by atoms with E-state index in [1.54, 1.807) is 0 Å². The van der Waals surface area contributed by atoms with Gasteiger partial charge in [0, 0.05) is 12.8 Å². The van der Waals surface area contributed by atoms with Crippen molar-refractivity contribution in [1.82, 2.24) is 0 Å². The van der Waals surface area contributed by atoms with Crippen molar-refractivity contribution in [2.24, 2.45) is 5.41 Å². The van der Waals surface area contributed by atoms with Gasteiger partial charge in [-0.2, -0.15) is 0 Å². The minimum Gasteiger partial charge on any atom is -0.300 e. The monoisotopic (exact) mass is 222 g/mol. The van der Waals surface area contributed by atoms with E-state index < -0.39 is 0 Å². The summed E-state index contributed by atoms with van der Waals surface area (Å²) in [7, 11) is 0. The van der Waals surface area contributed by atoms with Gasteiger partial charge < -0.3 is 0 Å². The summed E-state index contributed by atoms with van der Waals surface area (Å²) in [5.41, 5.74) is 0.167. The highest BCUT2D eigenvalue weighted by molar-refractivity contribution is 5.80. The fourth-order valence-electron chi connectivity index (χ4n) is 2.52. The van der Waals surface area contributed by atoms with E-state index in [9.17, 15) is 4.79 Å². The highest BCUT2D eigenvalue weighted by Gasteiger charge is 2.28. The summed E-state index contributed by atoms with van der Waals surface area (Å²) in [5.74, 6) is 0.449. The summed E-state index contributed by atoms with van der Waals surface area (Å²) in [6, 6.07) is 0. The van der Waals surface area contributed by atoms with Gasteiger partial charge in [-0.15, -0.1) is 0 Å². The fraction of sp³-hybridized carbons (Fsp3) is 0.800. The second-order valence-corrected chi connectivity index (χ2v) is 5.47. The molecular weight excluding hydrogens is 196 g/mol. The zero-order valence-electron chi connectivity index (χ0n) is 10.9. The van der Waals surface area contributed by atoms with Crippen LogP contribution < -0.4 is 0 Å². The maximum Gasteiger partial charge on any atom is 0.133 e. The van der Waals surface area contributed by atoms with E-state index in [4.69, 9.17) is 0 Å². The van der Waals surface area contributed by atoms with Crippen molar-refractivity contribution in [2.45, 2.75) is 71.6 Å². The van der Waals surface area contributed by atoms with Crippen LogP contribution in [0.15, 0.2) is 12.2 Å². The Morgan fingerprint density at radius 1 is 1.31 bits per heavy atom. The third-order valence-corrected chi connectivity index (χ3v) is 3.55. The zero-order chi connectivity index (χ0) is 11.9. The third-order valence-electron chi connectivity index (χ3n) is 3.55. The van der Waals surface area contributed by atoms with Gasteiger partial charge >= 0.3 is 0 Å². The molecule has 0 unspecified atom stereocenters. The maximum atomic E-state index is 11.4. The lowest BCUT2D eigenvalue weighted by Crippen LogP contribution is -2.23. The van der Waals surface area contributed by atoms with E-state index in [0.717, 1.165) is 19.3 Å². The Morgan fingerprint density at radius 3 is 2.81 bits per heavy atom. The van der Waals surface area contributed by atoms with Crippen molar-refractivity contribution in [3.05, 3.63) is 12.2 Å². The highest BCUT2D eigenvalue weighted by Crippen LogP contribution is 2.35. The van der Waals surface area contributed by atoms with Crippen LogP contribution in [0.2, 0.25) is 0 Å². The molecule has 0 heterocycles. The lowest BCUT2D eigenvalue weighted by atomic mass is 9.75. The molecule has 1 aliphatic carbocycles. The maximum absolute atomic E-state index is 11.4. The van der Waals surface area contributed by atoms with E-state index in [0.29, 0.717) is 5.78 Å². The van der Waals surface area contributed by atoms with Crippen LogP contribution in [0.3, 0.4) is 0 Å². The zero-order valence-corrected chi connectivity index (χ0v) is 10.9. The molecule has 1 atom stereocenters. The van der Waals surface area contributed by atoms with Gasteiger partial charge in [0.1, 0.15) is 5.78 Å². The number of rotatable bonds is 6. The van der Waals surface area contributed by atoms with Crippen LogP contribution in [-0.4, -0.2) is 5.78 Å². The Bertz CT molecular complexity index is 242. The summed E-state index contributed by atoms with van der Waals surface area (Å²) < 4.78 is 0. The Kier molecular flexibility index (Phi) is 5.79. The molecule has 16 heavy (non-hydrogen) atoms. The van der Waals surface area contributed by atoms with Gasteiger partial charge in [-0.05, 0) is 31.1 Å². The van der Waals surface area contributed by atoms with Crippen LogP contribution in [0, 0.1) is 5.41 Å². The molecule has 0 aliphatic heterocycles. The average Bonchev–Trinajstić information content (AvgIpc) is 2.23. The first-order valence-electron chi connectivity index (χ1n) is 6.86. The predicted molar refractivity (Wildman–Crippen MR) is 69.5 cm³/mol. The number of carbonyl (C=O) groups excluding carboxylic acids is 1. The first kappa shape index (κ1) is 13.5. The van der Waals surface area contributed by atoms with Gasteiger partial charge in [0.2, 0.25) is 0 Å². The van der Waals surface area contributed by atoms with Crippen LogP contribution in [0.25, 0.3) is 0 Å². The molecule has 0 aromatic carbocycles. The molecule has 1 saturated carbocycles. The fourth-order valence-corrected chi connectivity index (χ4v) is 2.52.